The summed E-state index contributed by atoms with van der Waals surface area (Å²) >= 11 is 1.05. The lowest BCUT2D eigenvalue weighted by molar-refractivity contribution is -0.142. The van der Waals surface area contributed by atoms with Crippen molar-refractivity contribution in [3.05, 3.63) is 59.3 Å². The molecule has 2 rings (SSSR count). The molecule has 0 bridgehead atoms. The number of hydrogen-bond acceptors (Lipinski definition) is 6. The van der Waals surface area contributed by atoms with Gasteiger partial charge < -0.3 is 15.7 Å². The van der Waals surface area contributed by atoms with Gasteiger partial charge in [0.1, 0.15) is 12.2 Å². The van der Waals surface area contributed by atoms with Crippen LogP contribution in [-0.2, 0) is 25.6 Å². The number of hydrogen-bond donors (Lipinski definition) is 2. The molecule has 1 aromatic rings. The predicted molar refractivity (Wildman–Crippen MR) is 106 cm³/mol. The summed E-state index contributed by atoms with van der Waals surface area (Å²) in [7, 11) is 0. The SMILES string of the molecule is CC(=O)SCC(Cc1ccccc1)C(=O)C1=C(N)C(=O)N(CC(=O)O)CC=C1. The molecule has 1 aliphatic rings. The molecule has 7 nitrogen and oxygen atoms in total. The Bertz CT molecular complexity index is 832. The molecule has 8 heteroatoms. The minimum absolute atomic E-state index is 0.0498. The Hall–Kier alpha value is -2.87. The van der Waals surface area contributed by atoms with Gasteiger partial charge in [0.05, 0.1) is 0 Å². The molecule has 3 N–H and O–H groups in total. The Morgan fingerprint density at radius 1 is 1.25 bits per heavy atom. The van der Waals surface area contributed by atoms with Crippen molar-refractivity contribution in [1.29, 1.82) is 0 Å². The molecule has 1 heterocycles. The van der Waals surface area contributed by atoms with Crippen LogP contribution in [0.15, 0.2) is 53.8 Å². The maximum Gasteiger partial charge on any atom is 0.323 e. The van der Waals surface area contributed by atoms with Gasteiger partial charge in [-0.1, -0.05) is 54.2 Å². The van der Waals surface area contributed by atoms with Crippen molar-refractivity contribution in [2.75, 3.05) is 18.8 Å². The Morgan fingerprint density at radius 2 is 1.93 bits per heavy atom. The highest BCUT2D eigenvalue weighted by atomic mass is 32.2. The molecule has 1 unspecified atom stereocenters. The number of thioether (sulfide) groups is 1. The summed E-state index contributed by atoms with van der Waals surface area (Å²) in [5, 5.41) is 8.83. The van der Waals surface area contributed by atoms with Crippen molar-refractivity contribution in [2.24, 2.45) is 11.7 Å². The number of rotatable bonds is 8. The lowest BCUT2D eigenvalue weighted by atomic mass is 9.91. The van der Waals surface area contributed by atoms with E-state index in [1.807, 2.05) is 30.3 Å². The molecule has 0 aliphatic carbocycles. The van der Waals surface area contributed by atoms with Gasteiger partial charge in [0.2, 0.25) is 0 Å². The molecule has 0 aromatic heterocycles. The van der Waals surface area contributed by atoms with Crippen LogP contribution in [0.1, 0.15) is 12.5 Å². The van der Waals surface area contributed by atoms with Crippen molar-refractivity contribution in [3.8, 4) is 0 Å². The Labute approximate surface area is 167 Å². The summed E-state index contributed by atoms with van der Waals surface area (Å²) in [4.78, 5) is 49.0. The molecule has 1 aliphatic heterocycles. The number of nitrogens with zero attached hydrogens (tertiary/aromatic N) is 1. The van der Waals surface area contributed by atoms with Gasteiger partial charge in [-0.05, 0) is 12.0 Å². The fourth-order valence-corrected chi connectivity index (χ4v) is 3.54. The summed E-state index contributed by atoms with van der Waals surface area (Å²) in [6, 6.07) is 9.37. The van der Waals surface area contributed by atoms with Gasteiger partial charge in [0, 0.05) is 30.7 Å². The first-order valence-electron chi connectivity index (χ1n) is 8.68. The highest BCUT2D eigenvalue weighted by Gasteiger charge is 2.29. The highest BCUT2D eigenvalue weighted by molar-refractivity contribution is 8.13. The van der Waals surface area contributed by atoms with Gasteiger partial charge >= 0.3 is 5.97 Å². The number of Topliss-reactive ketones (excluding diaryl/α,β-unsaturated/α-hetero) is 1. The average molecular weight is 402 g/mol. The number of ketones is 1. The molecule has 0 spiro atoms. The van der Waals surface area contributed by atoms with E-state index in [0.29, 0.717) is 6.42 Å². The number of carboxylic acid groups (broad SMARTS) is 1. The smallest absolute Gasteiger partial charge is 0.323 e. The van der Waals surface area contributed by atoms with Crippen LogP contribution >= 0.6 is 11.8 Å². The van der Waals surface area contributed by atoms with E-state index < -0.39 is 24.3 Å². The van der Waals surface area contributed by atoms with Gasteiger partial charge in [-0.3, -0.25) is 19.2 Å². The minimum Gasteiger partial charge on any atom is -0.480 e. The second kappa shape index (κ2) is 9.89. The average Bonchev–Trinajstić information content (AvgIpc) is 2.78. The Kier molecular flexibility index (Phi) is 7.57. The first-order valence-corrected chi connectivity index (χ1v) is 9.67. The molecule has 1 amide bonds. The van der Waals surface area contributed by atoms with Crippen LogP contribution in [0.3, 0.4) is 0 Å². The number of benzene rings is 1. The lowest BCUT2D eigenvalue weighted by Crippen LogP contribution is -2.38. The van der Waals surface area contributed by atoms with Crippen molar-refractivity contribution in [1.82, 2.24) is 4.90 Å². The molecule has 0 saturated heterocycles. The maximum absolute atomic E-state index is 13.2. The number of carbonyl (C=O) groups excluding carboxylic acids is 3. The van der Waals surface area contributed by atoms with Crippen LogP contribution in [0.25, 0.3) is 0 Å². The molecule has 28 heavy (non-hydrogen) atoms. The largest absolute Gasteiger partial charge is 0.480 e. The van der Waals surface area contributed by atoms with E-state index in [9.17, 15) is 19.2 Å². The van der Waals surface area contributed by atoms with Gasteiger partial charge in [0.25, 0.3) is 5.91 Å². The number of carbonyl (C=O) groups is 4. The maximum atomic E-state index is 13.2. The molecule has 148 valence electrons. The Morgan fingerprint density at radius 3 is 2.54 bits per heavy atom. The van der Waals surface area contributed by atoms with E-state index in [1.165, 1.54) is 13.0 Å². The minimum atomic E-state index is -1.16. The van der Waals surface area contributed by atoms with Gasteiger partial charge in [0.15, 0.2) is 10.9 Å². The van der Waals surface area contributed by atoms with Gasteiger partial charge in [-0.2, -0.15) is 0 Å². The fraction of sp³-hybridized carbons (Fsp3) is 0.300. The highest BCUT2D eigenvalue weighted by Crippen LogP contribution is 2.22. The number of aliphatic carboxylic acids is 1. The van der Waals surface area contributed by atoms with Crippen LogP contribution in [0.2, 0.25) is 0 Å². The normalized spacial score (nSPS) is 15.3. The van der Waals surface area contributed by atoms with E-state index in [0.717, 1.165) is 22.2 Å². The third kappa shape index (κ3) is 5.82. The zero-order valence-electron chi connectivity index (χ0n) is 15.5. The third-order valence-electron chi connectivity index (χ3n) is 4.19. The second-order valence-corrected chi connectivity index (χ2v) is 7.56. The summed E-state index contributed by atoms with van der Waals surface area (Å²) in [6.45, 7) is 0.980. The quantitative estimate of drug-likeness (QED) is 0.675. The second-order valence-electron chi connectivity index (χ2n) is 6.36. The predicted octanol–water partition coefficient (Wildman–Crippen LogP) is 1.39. The number of allylic oxidation sites excluding steroid dienone is 2. The van der Waals surface area contributed by atoms with Crippen LogP contribution in [0.5, 0.6) is 0 Å². The standard InChI is InChI=1S/C20H22N2O5S/c1-13(23)28-12-15(10-14-6-3-2-4-7-14)19(26)16-8-5-9-22(11-17(24)25)20(27)18(16)21/h2-8,15H,9-12,21H2,1H3,(H,24,25). The van der Waals surface area contributed by atoms with Crippen molar-refractivity contribution >= 4 is 34.5 Å². The monoisotopic (exact) mass is 402 g/mol. The van der Waals surface area contributed by atoms with Crippen LogP contribution in [-0.4, -0.2) is 51.6 Å². The first-order chi connectivity index (χ1) is 13.3. The van der Waals surface area contributed by atoms with E-state index in [-0.39, 0.29) is 34.5 Å². The lowest BCUT2D eigenvalue weighted by Gasteiger charge is -2.19. The molecular weight excluding hydrogens is 380 g/mol. The van der Waals surface area contributed by atoms with Crippen LogP contribution in [0, 0.1) is 5.92 Å². The third-order valence-corrected chi connectivity index (χ3v) is 5.17. The fourth-order valence-electron chi connectivity index (χ4n) is 2.83. The van der Waals surface area contributed by atoms with Gasteiger partial charge in [-0.25, -0.2) is 0 Å². The van der Waals surface area contributed by atoms with Crippen molar-refractivity contribution in [2.45, 2.75) is 13.3 Å². The van der Waals surface area contributed by atoms with Gasteiger partial charge in [-0.15, -0.1) is 0 Å². The Balaban J connectivity index is 2.30. The molecule has 0 saturated carbocycles. The topological polar surface area (TPSA) is 118 Å². The van der Waals surface area contributed by atoms with Crippen molar-refractivity contribution in [3.63, 3.8) is 0 Å². The van der Waals surface area contributed by atoms with E-state index in [1.54, 1.807) is 6.08 Å². The number of nitrogens with two attached hydrogens (primary N) is 1. The van der Waals surface area contributed by atoms with E-state index >= 15 is 0 Å². The van der Waals surface area contributed by atoms with E-state index in [2.05, 4.69) is 0 Å². The zero-order chi connectivity index (χ0) is 20.7. The summed E-state index contributed by atoms with van der Waals surface area (Å²) in [6.07, 6.45) is 3.41. The molecule has 0 fully saturated rings. The molecule has 1 atom stereocenters. The summed E-state index contributed by atoms with van der Waals surface area (Å²) < 4.78 is 0. The molecular formula is C20H22N2O5S. The summed E-state index contributed by atoms with van der Waals surface area (Å²) in [5.74, 6) is -2.47. The van der Waals surface area contributed by atoms with E-state index in [4.69, 9.17) is 10.8 Å². The molecule has 0 radical (unpaired) electrons. The molecule has 1 aromatic carbocycles. The number of amides is 1. The van der Waals surface area contributed by atoms with Crippen LogP contribution in [0.4, 0.5) is 0 Å². The summed E-state index contributed by atoms with van der Waals surface area (Å²) in [5.41, 5.74) is 6.64. The zero-order valence-corrected chi connectivity index (χ0v) is 16.3. The number of carboxylic acids is 1. The first kappa shape index (κ1) is 21.4. The van der Waals surface area contributed by atoms with Crippen molar-refractivity contribution < 1.29 is 24.3 Å². The van der Waals surface area contributed by atoms with Crippen LogP contribution < -0.4 is 5.73 Å².